The van der Waals surface area contributed by atoms with Gasteiger partial charge in [0.25, 0.3) is 5.91 Å². The molecular formula is C18H23N3O3. The van der Waals surface area contributed by atoms with Gasteiger partial charge in [-0.1, -0.05) is 26.0 Å². The van der Waals surface area contributed by atoms with Gasteiger partial charge in [0.05, 0.1) is 5.56 Å². The number of para-hydroxylation sites is 1. The maximum absolute atomic E-state index is 12.8. The smallest absolute Gasteiger partial charge is 0.264 e. The third-order valence-corrected chi connectivity index (χ3v) is 4.15. The Hall–Kier alpha value is -2.55. The molecule has 0 saturated carbocycles. The molecule has 6 nitrogen and oxygen atoms in total. The molecule has 6 heteroatoms. The van der Waals surface area contributed by atoms with Crippen molar-refractivity contribution in [3.8, 4) is 11.8 Å². The number of carbonyl (C=O) groups is 2. The van der Waals surface area contributed by atoms with Crippen molar-refractivity contribution in [2.75, 3.05) is 26.2 Å². The molecule has 1 fully saturated rings. The van der Waals surface area contributed by atoms with Gasteiger partial charge in [-0.3, -0.25) is 9.59 Å². The first-order chi connectivity index (χ1) is 11.4. The summed E-state index contributed by atoms with van der Waals surface area (Å²) in [6.45, 7) is 7.47. The van der Waals surface area contributed by atoms with Gasteiger partial charge in [0.15, 0.2) is 6.10 Å². The highest BCUT2D eigenvalue weighted by molar-refractivity contribution is 5.82. The fraction of sp³-hybridized carbons (Fsp3) is 0.500. The normalized spacial score (nSPS) is 15.8. The number of carbonyl (C=O) groups excluding carboxylic acids is 2. The number of hydrogen-bond acceptors (Lipinski definition) is 4. The van der Waals surface area contributed by atoms with Gasteiger partial charge in [-0.2, -0.15) is 5.26 Å². The van der Waals surface area contributed by atoms with E-state index < -0.39 is 6.10 Å². The average Bonchev–Trinajstić information content (AvgIpc) is 2.59. The van der Waals surface area contributed by atoms with Crippen molar-refractivity contribution in [1.82, 2.24) is 9.80 Å². The summed E-state index contributed by atoms with van der Waals surface area (Å²) >= 11 is 0. The van der Waals surface area contributed by atoms with Gasteiger partial charge in [-0.25, -0.2) is 0 Å². The van der Waals surface area contributed by atoms with Gasteiger partial charge in [0.1, 0.15) is 11.8 Å². The molecule has 0 bridgehead atoms. The Labute approximate surface area is 142 Å². The Morgan fingerprint density at radius 2 is 1.71 bits per heavy atom. The predicted octanol–water partition coefficient (Wildman–Crippen LogP) is 1.65. The van der Waals surface area contributed by atoms with Crippen LogP contribution in [0.1, 0.15) is 26.3 Å². The van der Waals surface area contributed by atoms with Gasteiger partial charge < -0.3 is 14.5 Å². The molecule has 24 heavy (non-hydrogen) atoms. The summed E-state index contributed by atoms with van der Waals surface area (Å²) in [4.78, 5) is 27.7. The molecule has 0 radical (unpaired) electrons. The minimum Gasteiger partial charge on any atom is -0.479 e. The third kappa shape index (κ3) is 4.05. The summed E-state index contributed by atoms with van der Waals surface area (Å²) in [5.74, 6) is 0.326. The van der Waals surface area contributed by atoms with Crippen LogP contribution in [0, 0.1) is 17.2 Å². The molecular weight excluding hydrogens is 306 g/mol. The largest absolute Gasteiger partial charge is 0.479 e. The van der Waals surface area contributed by atoms with Crippen molar-refractivity contribution in [2.45, 2.75) is 26.9 Å². The number of piperazine rings is 1. The van der Waals surface area contributed by atoms with Crippen LogP contribution in [-0.4, -0.2) is 53.9 Å². The number of amides is 2. The Balaban J connectivity index is 2.09. The van der Waals surface area contributed by atoms with Gasteiger partial charge in [0, 0.05) is 33.1 Å². The number of nitrogens with zero attached hydrogens (tertiary/aromatic N) is 3. The highest BCUT2D eigenvalue weighted by atomic mass is 16.5. The molecule has 1 aliphatic heterocycles. The maximum Gasteiger partial charge on any atom is 0.264 e. The number of benzene rings is 1. The second-order valence-electron chi connectivity index (χ2n) is 6.22. The first-order valence-corrected chi connectivity index (χ1v) is 8.14. The van der Waals surface area contributed by atoms with Gasteiger partial charge >= 0.3 is 0 Å². The van der Waals surface area contributed by atoms with Crippen LogP contribution < -0.4 is 4.74 Å². The van der Waals surface area contributed by atoms with Crippen LogP contribution in [0.5, 0.6) is 5.75 Å². The Kier molecular flexibility index (Phi) is 5.80. The quantitative estimate of drug-likeness (QED) is 0.842. The standard InChI is InChI=1S/C18H23N3O3/c1-13(2)17(24-16-7-5-4-6-15(16)12-19)18(23)21-10-8-20(9-11-21)14(3)22/h4-7,13,17H,8-11H2,1-3H3/t17-/m0/s1. The molecule has 1 aromatic carbocycles. The van der Waals surface area contributed by atoms with Crippen LogP contribution in [0.4, 0.5) is 0 Å². The zero-order valence-corrected chi connectivity index (χ0v) is 14.4. The van der Waals surface area contributed by atoms with Crippen molar-refractivity contribution in [2.24, 2.45) is 5.92 Å². The SMILES string of the molecule is CC(=O)N1CCN(C(=O)[C@@H](Oc2ccccc2C#N)C(C)C)CC1. The lowest BCUT2D eigenvalue weighted by atomic mass is 10.0. The van der Waals surface area contributed by atoms with Crippen LogP contribution in [0.3, 0.4) is 0 Å². The van der Waals surface area contributed by atoms with E-state index in [9.17, 15) is 14.9 Å². The summed E-state index contributed by atoms with van der Waals surface area (Å²) in [7, 11) is 0. The van der Waals surface area contributed by atoms with Crippen molar-refractivity contribution in [1.29, 1.82) is 5.26 Å². The van der Waals surface area contributed by atoms with Crippen molar-refractivity contribution >= 4 is 11.8 Å². The van der Waals surface area contributed by atoms with E-state index in [0.29, 0.717) is 37.5 Å². The topological polar surface area (TPSA) is 73.6 Å². The van der Waals surface area contributed by atoms with Crippen molar-refractivity contribution in [3.63, 3.8) is 0 Å². The highest BCUT2D eigenvalue weighted by Gasteiger charge is 2.32. The fourth-order valence-corrected chi connectivity index (χ4v) is 2.69. The molecule has 0 aromatic heterocycles. The molecule has 2 rings (SSSR count). The summed E-state index contributed by atoms with van der Waals surface area (Å²) in [5, 5.41) is 9.18. The molecule has 1 atom stereocenters. The second-order valence-corrected chi connectivity index (χ2v) is 6.22. The lowest BCUT2D eigenvalue weighted by molar-refractivity contribution is -0.145. The zero-order chi connectivity index (χ0) is 17.7. The molecule has 0 aliphatic carbocycles. The number of rotatable bonds is 4. The third-order valence-electron chi connectivity index (χ3n) is 4.15. The van der Waals surface area contributed by atoms with E-state index in [-0.39, 0.29) is 17.7 Å². The van der Waals surface area contributed by atoms with E-state index >= 15 is 0 Å². The van der Waals surface area contributed by atoms with E-state index in [2.05, 4.69) is 6.07 Å². The molecule has 0 N–H and O–H groups in total. The molecule has 1 aromatic rings. The number of hydrogen-bond donors (Lipinski definition) is 0. The highest BCUT2D eigenvalue weighted by Crippen LogP contribution is 2.22. The van der Waals surface area contributed by atoms with Crippen LogP contribution in [0.25, 0.3) is 0 Å². The molecule has 2 amide bonds. The number of nitriles is 1. The van der Waals surface area contributed by atoms with Crippen LogP contribution >= 0.6 is 0 Å². The second kappa shape index (κ2) is 7.82. The van der Waals surface area contributed by atoms with Crippen LogP contribution in [-0.2, 0) is 9.59 Å². The Bertz CT molecular complexity index is 643. The lowest BCUT2D eigenvalue weighted by Gasteiger charge is -2.36. The van der Waals surface area contributed by atoms with E-state index in [4.69, 9.17) is 4.74 Å². The minimum atomic E-state index is -0.650. The predicted molar refractivity (Wildman–Crippen MR) is 89.2 cm³/mol. The Morgan fingerprint density at radius 3 is 2.25 bits per heavy atom. The molecule has 1 aliphatic rings. The molecule has 128 valence electrons. The van der Waals surface area contributed by atoms with Gasteiger partial charge in [-0.05, 0) is 18.1 Å². The maximum atomic E-state index is 12.8. The molecule has 0 unspecified atom stereocenters. The summed E-state index contributed by atoms with van der Waals surface area (Å²) in [6.07, 6.45) is -0.650. The average molecular weight is 329 g/mol. The first kappa shape index (κ1) is 17.8. The van der Waals surface area contributed by atoms with Gasteiger partial charge in [-0.15, -0.1) is 0 Å². The monoisotopic (exact) mass is 329 g/mol. The summed E-state index contributed by atoms with van der Waals surface area (Å²) in [6, 6.07) is 9.00. The van der Waals surface area contributed by atoms with Crippen molar-refractivity contribution < 1.29 is 14.3 Å². The molecule has 0 spiro atoms. The van der Waals surface area contributed by atoms with Crippen molar-refractivity contribution in [3.05, 3.63) is 29.8 Å². The fourth-order valence-electron chi connectivity index (χ4n) is 2.69. The van der Waals surface area contributed by atoms with E-state index in [1.807, 2.05) is 13.8 Å². The minimum absolute atomic E-state index is 0.0294. The summed E-state index contributed by atoms with van der Waals surface area (Å²) in [5.41, 5.74) is 0.414. The molecule has 1 saturated heterocycles. The van der Waals surface area contributed by atoms with E-state index in [1.165, 1.54) is 6.92 Å². The Morgan fingerprint density at radius 1 is 1.12 bits per heavy atom. The van der Waals surface area contributed by atoms with E-state index in [1.54, 1.807) is 34.1 Å². The first-order valence-electron chi connectivity index (χ1n) is 8.14. The summed E-state index contributed by atoms with van der Waals surface area (Å²) < 4.78 is 5.89. The van der Waals surface area contributed by atoms with Crippen LogP contribution in [0.2, 0.25) is 0 Å². The zero-order valence-electron chi connectivity index (χ0n) is 14.4. The lowest BCUT2D eigenvalue weighted by Crippen LogP contribution is -2.54. The van der Waals surface area contributed by atoms with E-state index in [0.717, 1.165) is 0 Å². The van der Waals surface area contributed by atoms with Gasteiger partial charge in [0.2, 0.25) is 5.91 Å². The number of ether oxygens (including phenoxy) is 1. The molecule has 1 heterocycles. The van der Waals surface area contributed by atoms with Crippen LogP contribution in [0.15, 0.2) is 24.3 Å².